The molecule has 1 N–H and O–H groups in total. The third-order valence-corrected chi connectivity index (χ3v) is 7.31. The van der Waals surface area contributed by atoms with Gasteiger partial charge in [-0.3, -0.25) is 19.5 Å². The number of alkyl halides is 3. The molecule has 2 saturated heterocycles. The van der Waals surface area contributed by atoms with Gasteiger partial charge in [-0.2, -0.15) is 13.2 Å². The van der Waals surface area contributed by atoms with Crippen molar-refractivity contribution in [3.8, 4) is 5.75 Å². The van der Waals surface area contributed by atoms with Crippen LogP contribution in [0.4, 0.5) is 13.2 Å². The van der Waals surface area contributed by atoms with Gasteiger partial charge in [-0.05, 0) is 62.1 Å². The summed E-state index contributed by atoms with van der Waals surface area (Å²) < 4.78 is 44.2. The first-order chi connectivity index (χ1) is 17.0. The van der Waals surface area contributed by atoms with Crippen molar-refractivity contribution in [3.63, 3.8) is 0 Å². The van der Waals surface area contributed by atoms with Crippen molar-refractivity contribution in [2.75, 3.05) is 26.2 Å². The molecule has 7 nitrogen and oxygen atoms in total. The summed E-state index contributed by atoms with van der Waals surface area (Å²) >= 11 is 0. The molecule has 0 radical (unpaired) electrons. The molecule has 2 fully saturated rings. The summed E-state index contributed by atoms with van der Waals surface area (Å²) in [4.78, 5) is 31.6. The summed E-state index contributed by atoms with van der Waals surface area (Å²) in [6.45, 7) is 9.81. The van der Waals surface area contributed by atoms with E-state index in [2.05, 4.69) is 35.1 Å². The number of likely N-dealkylation sites (tertiary alicyclic amines) is 2. The predicted octanol–water partition coefficient (Wildman–Crippen LogP) is 3.89. The highest BCUT2D eigenvalue weighted by atomic mass is 19.4. The normalized spacial score (nSPS) is 20.5. The van der Waals surface area contributed by atoms with Crippen molar-refractivity contribution in [1.82, 2.24) is 20.1 Å². The van der Waals surface area contributed by atoms with Gasteiger partial charge in [0.25, 0.3) is 5.91 Å². The second kappa shape index (κ2) is 10.1. The van der Waals surface area contributed by atoms with Crippen molar-refractivity contribution in [3.05, 3.63) is 58.4 Å². The molecule has 2 aromatic rings. The Morgan fingerprint density at radius 3 is 2.47 bits per heavy atom. The zero-order chi connectivity index (χ0) is 26.2. The first kappa shape index (κ1) is 25.9. The van der Waals surface area contributed by atoms with Crippen molar-refractivity contribution in [1.29, 1.82) is 0 Å². The number of nitrogens with one attached hydrogen (secondary N) is 1. The molecule has 10 heteroatoms. The van der Waals surface area contributed by atoms with E-state index in [9.17, 15) is 22.8 Å². The van der Waals surface area contributed by atoms with Gasteiger partial charge in [-0.1, -0.05) is 6.07 Å². The van der Waals surface area contributed by atoms with E-state index in [-0.39, 0.29) is 35.5 Å². The first-order valence-electron chi connectivity index (χ1n) is 12.0. The Balaban J connectivity index is 1.39. The summed E-state index contributed by atoms with van der Waals surface area (Å²) in [5.41, 5.74) is 2.57. The maximum atomic E-state index is 13.0. The van der Waals surface area contributed by atoms with Crippen LogP contribution in [0.15, 0.2) is 30.5 Å². The van der Waals surface area contributed by atoms with Crippen LogP contribution in [0.3, 0.4) is 0 Å². The summed E-state index contributed by atoms with van der Waals surface area (Å²) in [6, 6.07) is 6.43. The first-order valence-corrected chi connectivity index (χ1v) is 12.0. The van der Waals surface area contributed by atoms with Gasteiger partial charge in [-0.25, -0.2) is 0 Å². The number of hydrogen-bond acceptors (Lipinski definition) is 5. The SMILES string of the molecule is CC(=O)NCCOc1ccc([C@H](C)N2CC3CC2CN3C(=O)c2ccc(C(F)(F)F)nc2)c(C)c1C. The molecule has 3 heterocycles. The average Bonchev–Trinajstić information content (AvgIpc) is 3.44. The largest absolute Gasteiger partial charge is 0.491 e. The van der Waals surface area contributed by atoms with Crippen LogP contribution < -0.4 is 10.1 Å². The maximum absolute atomic E-state index is 13.0. The van der Waals surface area contributed by atoms with E-state index in [1.165, 1.54) is 18.6 Å². The van der Waals surface area contributed by atoms with E-state index in [0.717, 1.165) is 35.6 Å². The third-order valence-electron chi connectivity index (χ3n) is 7.31. The van der Waals surface area contributed by atoms with Crippen molar-refractivity contribution < 1.29 is 27.5 Å². The molecule has 2 aliphatic heterocycles. The van der Waals surface area contributed by atoms with E-state index in [4.69, 9.17) is 4.74 Å². The number of hydrogen-bond donors (Lipinski definition) is 1. The number of rotatable bonds is 7. The Hall–Kier alpha value is -3.14. The van der Waals surface area contributed by atoms with Gasteiger partial charge in [-0.15, -0.1) is 0 Å². The molecule has 2 aliphatic rings. The lowest BCUT2D eigenvalue weighted by atomic mass is 9.96. The van der Waals surface area contributed by atoms with E-state index in [1.54, 1.807) is 4.90 Å². The van der Waals surface area contributed by atoms with E-state index >= 15 is 0 Å². The highest BCUT2D eigenvalue weighted by Gasteiger charge is 2.47. The molecule has 1 aromatic heterocycles. The minimum atomic E-state index is -4.53. The number of carbonyl (C=O) groups is 2. The van der Waals surface area contributed by atoms with Crippen LogP contribution in [0.1, 0.15) is 59.1 Å². The summed E-state index contributed by atoms with van der Waals surface area (Å²) in [5.74, 6) is 0.425. The van der Waals surface area contributed by atoms with Crippen molar-refractivity contribution in [2.24, 2.45) is 0 Å². The zero-order valence-electron chi connectivity index (χ0n) is 20.9. The molecule has 2 amide bonds. The van der Waals surface area contributed by atoms with Crippen LogP contribution in [0.5, 0.6) is 5.75 Å². The van der Waals surface area contributed by atoms with Crippen LogP contribution in [0, 0.1) is 13.8 Å². The Bertz CT molecular complexity index is 1140. The maximum Gasteiger partial charge on any atom is 0.433 e. The molecule has 3 atom stereocenters. The molecule has 4 rings (SSSR count). The summed E-state index contributed by atoms with van der Waals surface area (Å²) in [5, 5.41) is 2.72. The van der Waals surface area contributed by atoms with Crippen LogP contribution in [0.25, 0.3) is 0 Å². The quantitative estimate of drug-likeness (QED) is 0.579. The Morgan fingerprint density at radius 2 is 1.89 bits per heavy atom. The lowest BCUT2D eigenvalue weighted by Gasteiger charge is -2.38. The second-order valence-electron chi connectivity index (χ2n) is 9.54. The number of benzene rings is 1. The lowest BCUT2D eigenvalue weighted by Crippen LogP contribution is -2.49. The number of carbonyl (C=O) groups excluding carboxylic acids is 2. The molecule has 0 spiro atoms. The molecule has 1 aromatic carbocycles. The van der Waals surface area contributed by atoms with Gasteiger partial charge in [0.15, 0.2) is 0 Å². The van der Waals surface area contributed by atoms with Gasteiger partial charge < -0.3 is 15.0 Å². The lowest BCUT2D eigenvalue weighted by molar-refractivity contribution is -0.141. The number of aromatic nitrogens is 1. The van der Waals surface area contributed by atoms with Gasteiger partial charge in [0.05, 0.1) is 12.1 Å². The zero-order valence-corrected chi connectivity index (χ0v) is 20.9. The molecule has 2 unspecified atom stereocenters. The number of nitrogens with zero attached hydrogens (tertiary/aromatic N) is 3. The molecule has 2 bridgehead atoms. The van der Waals surface area contributed by atoms with Gasteiger partial charge in [0.1, 0.15) is 18.1 Å². The fourth-order valence-corrected chi connectivity index (χ4v) is 5.27. The molecular formula is C26H31F3N4O3. The van der Waals surface area contributed by atoms with Crippen LogP contribution in [-0.4, -0.2) is 64.9 Å². The Kier molecular flexibility index (Phi) is 7.26. The molecule has 194 valence electrons. The number of piperazine rings is 1. The number of pyridine rings is 1. The van der Waals surface area contributed by atoms with E-state index in [0.29, 0.717) is 26.2 Å². The molecule has 0 aliphatic carbocycles. The number of amides is 2. The predicted molar refractivity (Wildman–Crippen MR) is 128 cm³/mol. The van der Waals surface area contributed by atoms with Crippen LogP contribution in [-0.2, 0) is 11.0 Å². The summed E-state index contributed by atoms with van der Waals surface area (Å²) in [7, 11) is 0. The smallest absolute Gasteiger partial charge is 0.433 e. The molecular weight excluding hydrogens is 473 g/mol. The summed E-state index contributed by atoms with van der Waals surface area (Å²) in [6.07, 6.45) is -2.67. The fourth-order valence-electron chi connectivity index (χ4n) is 5.27. The third kappa shape index (κ3) is 5.18. The van der Waals surface area contributed by atoms with Crippen LogP contribution >= 0.6 is 0 Å². The van der Waals surface area contributed by atoms with Gasteiger partial charge >= 0.3 is 6.18 Å². The monoisotopic (exact) mass is 504 g/mol. The topological polar surface area (TPSA) is 74.8 Å². The highest BCUT2D eigenvalue weighted by molar-refractivity contribution is 5.94. The van der Waals surface area contributed by atoms with Crippen molar-refractivity contribution in [2.45, 2.75) is 58.4 Å². The van der Waals surface area contributed by atoms with Crippen molar-refractivity contribution >= 4 is 11.8 Å². The van der Waals surface area contributed by atoms with E-state index in [1.807, 2.05) is 13.0 Å². The van der Waals surface area contributed by atoms with Gasteiger partial charge in [0.2, 0.25) is 5.91 Å². The minimum absolute atomic E-state index is 0.0185. The molecule has 0 saturated carbocycles. The van der Waals surface area contributed by atoms with E-state index < -0.39 is 11.9 Å². The van der Waals surface area contributed by atoms with Gasteiger partial charge in [0, 0.05) is 44.3 Å². The number of fused-ring (bicyclic) bond motifs is 2. The number of ether oxygens (including phenoxy) is 1. The Labute approximate surface area is 208 Å². The fraction of sp³-hybridized carbons (Fsp3) is 0.500. The minimum Gasteiger partial charge on any atom is -0.491 e. The second-order valence-corrected chi connectivity index (χ2v) is 9.54. The standard InChI is InChI=1S/C26H31F3N4O3/c1-15-16(2)23(36-10-9-30-18(4)34)7-6-22(15)17(3)32-13-21-11-20(32)14-33(21)25(35)19-5-8-24(31-12-19)26(27,28)29/h5-8,12,17,20-21H,9-11,13-14H2,1-4H3,(H,30,34)/t17-,20?,21?/m0/s1. The number of halogens is 3. The highest BCUT2D eigenvalue weighted by Crippen LogP contribution is 2.39. The average molecular weight is 505 g/mol. The Morgan fingerprint density at radius 1 is 1.14 bits per heavy atom. The van der Waals surface area contributed by atoms with Crippen LogP contribution in [0.2, 0.25) is 0 Å². The molecule has 36 heavy (non-hydrogen) atoms.